The van der Waals surface area contributed by atoms with E-state index in [1.165, 1.54) is 0 Å². The molecule has 1 unspecified atom stereocenters. The zero-order valence-corrected chi connectivity index (χ0v) is 15.7. The summed E-state index contributed by atoms with van der Waals surface area (Å²) in [6.07, 6.45) is 1.92. The number of nitrogens with one attached hydrogen (secondary N) is 1. The van der Waals surface area contributed by atoms with Crippen LogP contribution in [0.5, 0.6) is 11.5 Å². The first-order valence-electron chi connectivity index (χ1n) is 8.69. The molecule has 2 aromatic rings. The number of piperidine rings is 1. The molecule has 2 amide bonds. The summed E-state index contributed by atoms with van der Waals surface area (Å²) in [7, 11) is 3.15. The molecule has 1 N–H and O–H groups in total. The Morgan fingerprint density at radius 3 is 2.65 bits per heavy atom. The molecule has 0 spiro atoms. The maximum atomic E-state index is 12.7. The van der Waals surface area contributed by atoms with Crippen molar-refractivity contribution < 1.29 is 14.3 Å². The number of hydrogen-bond acceptors (Lipinski definition) is 5. The third-order valence-corrected chi connectivity index (χ3v) is 4.57. The summed E-state index contributed by atoms with van der Waals surface area (Å²) < 4.78 is 12.4. The number of anilines is 1. The maximum absolute atomic E-state index is 12.7. The van der Waals surface area contributed by atoms with Crippen molar-refractivity contribution in [2.75, 3.05) is 32.6 Å². The Morgan fingerprint density at radius 2 is 2.00 bits per heavy atom. The molecule has 1 aromatic heterocycles. The van der Waals surface area contributed by atoms with Crippen molar-refractivity contribution in [1.29, 1.82) is 0 Å². The molecule has 1 saturated heterocycles. The van der Waals surface area contributed by atoms with Gasteiger partial charge in [0.1, 0.15) is 11.6 Å². The summed E-state index contributed by atoms with van der Waals surface area (Å²) in [5.41, 5.74) is 0.669. The highest BCUT2D eigenvalue weighted by Crippen LogP contribution is 2.30. The van der Waals surface area contributed by atoms with Gasteiger partial charge in [-0.05, 0) is 38.8 Å². The number of benzene rings is 1. The standard InChI is InChI=1S/C18H25N5O3/c1-12-19-13(2)23(21-12)15-6-5-9-22(11-15)18(24)20-14-7-8-16(25-3)17(10-14)26-4/h7-8,10,15H,5-6,9,11H2,1-4H3,(H,20,24). The Balaban J connectivity index is 1.69. The number of carbonyl (C=O) groups excluding carboxylic acids is 1. The molecule has 0 saturated carbocycles. The lowest BCUT2D eigenvalue weighted by atomic mass is 10.1. The predicted molar refractivity (Wildman–Crippen MR) is 97.9 cm³/mol. The van der Waals surface area contributed by atoms with Gasteiger partial charge in [0.05, 0.1) is 20.3 Å². The Bertz CT molecular complexity index is 789. The molecule has 8 nitrogen and oxygen atoms in total. The van der Waals surface area contributed by atoms with E-state index in [2.05, 4.69) is 15.4 Å². The largest absolute Gasteiger partial charge is 0.493 e. The summed E-state index contributed by atoms with van der Waals surface area (Å²) in [6, 6.07) is 5.35. The number of likely N-dealkylation sites (tertiary alicyclic amines) is 1. The van der Waals surface area contributed by atoms with Gasteiger partial charge in [-0.15, -0.1) is 0 Å². The van der Waals surface area contributed by atoms with Gasteiger partial charge < -0.3 is 19.7 Å². The van der Waals surface area contributed by atoms with Crippen LogP contribution in [0, 0.1) is 13.8 Å². The van der Waals surface area contributed by atoms with Crippen LogP contribution in [0.1, 0.15) is 30.5 Å². The molecular weight excluding hydrogens is 334 g/mol. The second-order valence-electron chi connectivity index (χ2n) is 6.39. The minimum absolute atomic E-state index is 0.128. The van der Waals surface area contributed by atoms with Gasteiger partial charge in [0, 0.05) is 24.8 Å². The number of ether oxygens (including phenoxy) is 2. The van der Waals surface area contributed by atoms with Gasteiger partial charge in [-0.2, -0.15) is 5.10 Å². The topological polar surface area (TPSA) is 81.5 Å². The summed E-state index contributed by atoms with van der Waals surface area (Å²) >= 11 is 0. The zero-order chi connectivity index (χ0) is 18.7. The number of rotatable bonds is 4. The van der Waals surface area contributed by atoms with Crippen molar-refractivity contribution in [1.82, 2.24) is 19.7 Å². The third kappa shape index (κ3) is 3.74. The molecule has 1 fully saturated rings. The fraction of sp³-hybridized carbons (Fsp3) is 0.500. The zero-order valence-electron chi connectivity index (χ0n) is 15.7. The fourth-order valence-electron chi connectivity index (χ4n) is 3.34. The van der Waals surface area contributed by atoms with Gasteiger partial charge in [-0.3, -0.25) is 0 Å². The maximum Gasteiger partial charge on any atom is 0.321 e. The molecular formula is C18H25N5O3. The molecule has 8 heteroatoms. The van der Waals surface area contributed by atoms with Gasteiger partial charge in [-0.1, -0.05) is 0 Å². The number of carbonyl (C=O) groups is 1. The van der Waals surface area contributed by atoms with Crippen molar-refractivity contribution in [3.8, 4) is 11.5 Å². The van der Waals surface area contributed by atoms with Crippen molar-refractivity contribution in [3.63, 3.8) is 0 Å². The third-order valence-electron chi connectivity index (χ3n) is 4.57. The molecule has 2 heterocycles. The van der Waals surface area contributed by atoms with Crippen LogP contribution in [0.3, 0.4) is 0 Å². The SMILES string of the molecule is COc1ccc(NC(=O)N2CCCC(n3nc(C)nc3C)C2)cc1OC. The molecule has 0 bridgehead atoms. The van der Waals surface area contributed by atoms with E-state index in [0.29, 0.717) is 23.7 Å². The van der Waals surface area contributed by atoms with Crippen LogP contribution in [0.2, 0.25) is 0 Å². The molecule has 1 aliphatic rings. The smallest absolute Gasteiger partial charge is 0.321 e. The van der Waals surface area contributed by atoms with E-state index >= 15 is 0 Å². The van der Waals surface area contributed by atoms with Gasteiger partial charge >= 0.3 is 6.03 Å². The average molecular weight is 359 g/mol. The number of methoxy groups -OCH3 is 2. The number of urea groups is 1. The van der Waals surface area contributed by atoms with Crippen LogP contribution in [0.25, 0.3) is 0 Å². The van der Waals surface area contributed by atoms with Gasteiger partial charge in [-0.25, -0.2) is 14.5 Å². The van der Waals surface area contributed by atoms with Gasteiger partial charge in [0.2, 0.25) is 0 Å². The Hall–Kier alpha value is -2.77. The summed E-state index contributed by atoms with van der Waals surface area (Å²) in [6.45, 7) is 5.17. The quantitative estimate of drug-likeness (QED) is 0.908. The Labute approximate surface area is 153 Å². The van der Waals surface area contributed by atoms with E-state index in [9.17, 15) is 4.79 Å². The highest BCUT2D eigenvalue weighted by molar-refractivity contribution is 5.89. The van der Waals surface area contributed by atoms with E-state index < -0.39 is 0 Å². The predicted octanol–water partition coefficient (Wildman–Crippen LogP) is 2.78. The van der Waals surface area contributed by atoms with Crippen molar-refractivity contribution in [2.45, 2.75) is 32.7 Å². The lowest BCUT2D eigenvalue weighted by molar-refractivity contribution is 0.173. The minimum Gasteiger partial charge on any atom is -0.493 e. The van der Waals surface area contributed by atoms with Gasteiger partial charge in [0.15, 0.2) is 11.5 Å². The summed E-state index contributed by atoms with van der Waals surface area (Å²) in [5.74, 6) is 2.85. The molecule has 26 heavy (non-hydrogen) atoms. The van der Waals surface area contributed by atoms with Crippen molar-refractivity contribution >= 4 is 11.7 Å². The van der Waals surface area contributed by atoms with E-state index in [1.807, 2.05) is 23.4 Å². The monoisotopic (exact) mass is 359 g/mol. The number of amides is 2. The first-order valence-corrected chi connectivity index (χ1v) is 8.69. The number of nitrogens with zero attached hydrogens (tertiary/aromatic N) is 4. The van der Waals surface area contributed by atoms with E-state index in [1.54, 1.807) is 32.4 Å². The minimum atomic E-state index is -0.128. The number of aromatic nitrogens is 3. The fourth-order valence-corrected chi connectivity index (χ4v) is 3.34. The highest BCUT2D eigenvalue weighted by Gasteiger charge is 2.26. The van der Waals surface area contributed by atoms with Crippen molar-refractivity contribution in [2.24, 2.45) is 0 Å². The van der Waals surface area contributed by atoms with Crippen LogP contribution in [-0.2, 0) is 0 Å². The Morgan fingerprint density at radius 1 is 1.23 bits per heavy atom. The van der Waals surface area contributed by atoms with Crippen LogP contribution >= 0.6 is 0 Å². The van der Waals surface area contributed by atoms with E-state index in [0.717, 1.165) is 31.0 Å². The Kier molecular flexibility index (Phi) is 5.29. The number of aryl methyl sites for hydroxylation is 2. The van der Waals surface area contributed by atoms with Crippen LogP contribution in [-0.4, -0.2) is 53.0 Å². The van der Waals surface area contributed by atoms with E-state index in [4.69, 9.17) is 9.47 Å². The average Bonchev–Trinajstić information content (AvgIpc) is 2.99. The lowest BCUT2D eigenvalue weighted by Gasteiger charge is -2.33. The normalized spacial score (nSPS) is 17.1. The van der Waals surface area contributed by atoms with Crippen LogP contribution < -0.4 is 14.8 Å². The first-order chi connectivity index (χ1) is 12.5. The second-order valence-corrected chi connectivity index (χ2v) is 6.39. The highest BCUT2D eigenvalue weighted by atomic mass is 16.5. The first kappa shape index (κ1) is 18.0. The number of hydrogen-bond donors (Lipinski definition) is 1. The molecule has 3 rings (SSSR count). The summed E-state index contributed by atoms with van der Waals surface area (Å²) in [4.78, 5) is 18.9. The summed E-state index contributed by atoms with van der Waals surface area (Å²) in [5, 5.41) is 7.41. The van der Waals surface area contributed by atoms with Crippen LogP contribution in [0.15, 0.2) is 18.2 Å². The molecule has 1 aromatic carbocycles. The lowest BCUT2D eigenvalue weighted by Crippen LogP contribution is -2.43. The molecule has 1 atom stereocenters. The van der Waals surface area contributed by atoms with E-state index in [-0.39, 0.29) is 12.1 Å². The molecule has 1 aliphatic heterocycles. The molecule has 0 aliphatic carbocycles. The van der Waals surface area contributed by atoms with Crippen LogP contribution in [0.4, 0.5) is 10.5 Å². The van der Waals surface area contributed by atoms with Gasteiger partial charge in [0.25, 0.3) is 0 Å². The second kappa shape index (κ2) is 7.63. The van der Waals surface area contributed by atoms with Crippen molar-refractivity contribution in [3.05, 3.63) is 29.8 Å². The molecule has 0 radical (unpaired) electrons. The molecule has 140 valence electrons.